The van der Waals surface area contributed by atoms with E-state index in [9.17, 15) is 4.39 Å². The molecule has 2 aromatic carbocycles. The van der Waals surface area contributed by atoms with Crippen LogP contribution >= 0.6 is 11.6 Å². The Bertz CT molecular complexity index is 581. The summed E-state index contributed by atoms with van der Waals surface area (Å²) in [6, 6.07) is 11.1. The van der Waals surface area contributed by atoms with Crippen LogP contribution in [0.1, 0.15) is 33.7 Å². The average molecular weight is 291 g/mol. The molecule has 0 saturated heterocycles. The van der Waals surface area contributed by atoms with Crippen molar-refractivity contribution in [3.8, 4) is 0 Å². The van der Waals surface area contributed by atoms with Gasteiger partial charge >= 0.3 is 0 Å². The van der Waals surface area contributed by atoms with Crippen LogP contribution in [0.5, 0.6) is 0 Å². The number of benzene rings is 2. The van der Waals surface area contributed by atoms with Crippen molar-refractivity contribution in [3.63, 3.8) is 0 Å². The van der Waals surface area contributed by atoms with Crippen molar-refractivity contribution in [3.05, 3.63) is 70.0 Å². The zero-order chi connectivity index (χ0) is 14.7. The van der Waals surface area contributed by atoms with Crippen LogP contribution in [0.25, 0.3) is 0 Å². The Balaban J connectivity index is 2.32. The largest absolute Gasteiger partial charge is 0.207 e. The molecule has 0 N–H and O–H groups in total. The lowest BCUT2D eigenvalue weighted by Crippen LogP contribution is -2.08. The third kappa shape index (κ3) is 3.40. The molecule has 0 fully saturated rings. The van der Waals surface area contributed by atoms with E-state index in [1.165, 1.54) is 28.3 Å². The first-order valence-corrected chi connectivity index (χ1v) is 7.43. The van der Waals surface area contributed by atoms with Crippen LogP contribution in [-0.2, 0) is 6.42 Å². The number of halogens is 2. The van der Waals surface area contributed by atoms with Crippen molar-refractivity contribution in [2.45, 2.75) is 33.1 Å². The van der Waals surface area contributed by atoms with Gasteiger partial charge in [0.1, 0.15) is 5.82 Å². The minimum atomic E-state index is -0.199. The van der Waals surface area contributed by atoms with E-state index in [1.807, 2.05) is 6.07 Å². The van der Waals surface area contributed by atoms with Gasteiger partial charge < -0.3 is 0 Å². The molecule has 0 aromatic heterocycles. The number of rotatable bonds is 4. The van der Waals surface area contributed by atoms with Gasteiger partial charge in [-0.1, -0.05) is 29.8 Å². The highest BCUT2D eigenvalue weighted by Crippen LogP contribution is 2.27. The Morgan fingerprint density at radius 1 is 1.05 bits per heavy atom. The van der Waals surface area contributed by atoms with Crippen molar-refractivity contribution < 1.29 is 4.39 Å². The fourth-order valence-corrected chi connectivity index (χ4v) is 3.09. The topological polar surface area (TPSA) is 0 Å². The molecule has 106 valence electrons. The van der Waals surface area contributed by atoms with Crippen LogP contribution in [0.15, 0.2) is 36.4 Å². The molecule has 0 spiro atoms. The Kier molecular flexibility index (Phi) is 4.82. The molecule has 0 aliphatic rings. The van der Waals surface area contributed by atoms with E-state index in [-0.39, 0.29) is 11.7 Å². The normalized spacial score (nSPS) is 12.4. The van der Waals surface area contributed by atoms with Gasteiger partial charge in [-0.3, -0.25) is 0 Å². The number of hydrogen-bond acceptors (Lipinski definition) is 0. The first-order valence-electron chi connectivity index (χ1n) is 6.89. The van der Waals surface area contributed by atoms with Gasteiger partial charge in [0.2, 0.25) is 0 Å². The van der Waals surface area contributed by atoms with Gasteiger partial charge in [0.15, 0.2) is 0 Å². The van der Waals surface area contributed by atoms with Crippen molar-refractivity contribution >= 4 is 11.6 Å². The van der Waals surface area contributed by atoms with E-state index in [4.69, 9.17) is 11.6 Å². The molecule has 0 saturated carbocycles. The average Bonchev–Trinajstić information content (AvgIpc) is 2.38. The maximum Gasteiger partial charge on any atom is 0.123 e. The van der Waals surface area contributed by atoms with Gasteiger partial charge in [0.25, 0.3) is 0 Å². The highest BCUT2D eigenvalue weighted by molar-refractivity contribution is 6.18. The molecular formula is C18H20ClF. The summed E-state index contributed by atoms with van der Waals surface area (Å²) in [5, 5.41) is 0. The summed E-state index contributed by atoms with van der Waals surface area (Å²) in [7, 11) is 0. The monoisotopic (exact) mass is 290 g/mol. The summed E-state index contributed by atoms with van der Waals surface area (Å²) >= 11 is 6.12. The molecule has 2 heteroatoms. The minimum Gasteiger partial charge on any atom is -0.207 e. The van der Waals surface area contributed by atoms with E-state index < -0.39 is 0 Å². The van der Waals surface area contributed by atoms with Crippen LogP contribution < -0.4 is 0 Å². The summed E-state index contributed by atoms with van der Waals surface area (Å²) in [5.41, 5.74) is 6.14. The third-order valence-corrected chi connectivity index (χ3v) is 4.17. The van der Waals surface area contributed by atoms with Gasteiger partial charge in [0, 0.05) is 11.8 Å². The predicted octanol–water partition coefficient (Wildman–Crippen LogP) is 5.32. The quantitative estimate of drug-likeness (QED) is 0.669. The second kappa shape index (κ2) is 6.41. The molecule has 0 bridgehead atoms. The molecule has 1 atom stereocenters. The van der Waals surface area contributed by atoms with E-state index in [2.05, 4.69) is 32.9 Å². The van der Waals surface area contributed by atoms with Crippen LogP contribution in [0.4, 0.5) is 4.39 Å². The lowest BCUT2D eigenvalue weighted by Gasteiger charge is -2.18. The second-order valence-electron chi connectivity index (χ2n) is 5.49. The third-order valence-electron chi connectivity index (χ3n) is 3.80. The Morgan fingerprint density at radius 3 is 2.25 bits per heavy atom. The van der Waals surface area contributed by atoms with Crippen molar-refractivity contribution in [1.29, 1.82) is 0 Å². The van der Waals surface area contributed by atoms with Gasteiger partial charge in [0.05, 0.1) is 0 Å². The molecule has 2 rings (SSSR count). The van der Waals surface area contributed by atoms with Crippen LogP contribution in [-0.4, -0.2) is 5.88 Å². The minimum absolute atomic E-state index is 0.146. The van der Waals surface area contributed by atoms with Crippen molar-refractivity contribution in [2.75, 3.05) is 5.88 Å². The van der Waals surface area contributed by atoms with Crippen LogP contribution in [0.3, 0.4) is 0 Å². The smallest absolute Gasteiger partial charge is 0.123 e. The fourth-order valence-electron chi connectivity index (χ4n) is 2.80. The maximum absolute atomic E-state index is 13.4. The van der Waals surface area contributed by atoms with Crippen molar-refractivity contribution in [2.24, 2.45) is 0 Å². The molecule has 0 amide bonds. The summed E-state index contributed by atoms with van der Waals surface area (Å²) < 4.78 is 13.4. The van der Waals surface area contributed by atoms with Gasteiger partial charge in [-0.25, -0.2) is 4.39 Å². The molecule has 0 nitrogen and oxygen atoms in total. The van der Waals surface area contributed by atoms with Crippen LogP contribution in [0, 0.1) is 26.6 Å². The molecule has 20 heavy (non-hydrogen) atoms. The maximum atomic E-state index is 13.4. The van der Waals surface area contributed by atoms with E-state index in [0.717, 1.165) is 12.0 Å². The first kappa shape index (κ1) is 15.1. The molecule has 1 unspecified atom stereocenters. The molecule has 2 aromatic rings. The highest BCUT2D eigenvalue weighted by atomic mass is 35.5. The van der Waals surface area contributed by atoms with E-state index in [1.54, 1.807) is 12.1 Å². The molecule has 0 aliphatic heterocycles. The van der Waals surface area contributed by atoms with Gasteiger partial charge in [-0.2, -0.15) is 0 Å². The van der Waals surface area contributed by atoms with Crippen molar-refractivity contribution in [1.82, 2.24) is 0 Å². The lowest BCUT2D eigenvalue weighted by molar-refractivity contribution is 0.621. The Morgan fingerprint density at radius 2 is 1.70 bits per heavy atom. The van der Waals surface area contributed by atoms with E-state index >= 15 is 0 Å². The predicted molar refractivity (Wildman–Crippen MR) is 84.2 cm³/mol. The lowest BCUT2D eigenvalue weighted by atomic mass is 9.88. The van der Waals surface area contributed by atoms with E-state index in [0.29, 0.717) is 5.88 Å². The standard InChI is InChI=1S/C18H20ClF/c1-12-7-13(2)18(14(3)8-12)10-16(11-19)15-5-4-6-17(20)9-15/h4-9,16H,10-11H2,1-3H3. The fraction of sp³-hybridized carbons (Fsp3) is 0.333. The Hall–Kier alpha value is -1.34. The molecule has 0 aliphatic carbocycles. The number of alkyl halides is 1. The zero-order valence-electron chi connectivity index (χ0n) is 12.2. The SMILES string of the molecule is Cc1cc(C)c(CC(CCl)c2cccc(F)c2)c(C)c1. The molecule has 0 heterocycles. The van der Waals surface area contributed by atoms with Crippen LogP contribution in [0.2, 0.25) is 0 Å². The first-order chi connectivity index (χ1) is 9.51. The molecular weight excluding hydrogens is 271 g/mol. The number of aryl methyl sites for hydroxylation is 3. The Labute approximate surface area is 125 Å². The second-order valence-corrected chi connectivity index (χ2v) is 5.80. The summed E-state index contributed by atoms with van der Waals surface area (Å²) in [6.45, 7) is 6.37. The number of hydrogen-bond donors (Lipinski definition) is 0. The summed E-state index contributed by atoms with van der Waals surface area (Å²) in [6.07, 6.45) is 0.852. The van der Waals surface area contributed by atoms with Gasteiger partial charge in [-0.05, 0) is 61.6 Å². The zero-order valence-corrected chi connectivity index (χ0v) is 13.0. The highest BCUT2D eigenvalue weighted by Gasteiger charge is 2.15. The van der Waals surface area contributed by atoms with Gasteiger partial charge in [-0.15, -0.1) is 11.6 Å². The summed E-state index contributed by atoms with van der Waals surface area (Å²) in [4.78, 5) is 0. The summed E-state index contributed by atoms with van der Waals surface area (Å²) in [5.74, 6) is 0.443. The molecule has 0 radical (unpaired) electrons.